The van der Waals surface area contributed by atoms with Crippen LogP contribution in [0.25, 0.3) is 0 Å². The van der Waals surface area contributed by atoms with Gasteiger partial charge in [0.1, 0.15) is 18.1 Å². The van der Waals surface area contributed by atoms with Gasteiger partial charge in [-0.25, -0.2) is 15.0 Å². The number of aromatic nitrogens is 3. The van der Waals surface area contributed by atoms with E-state index in [1.165, 1.54) is 5.56 Å². The predicted octanol–water partition coefficient (Wildman–Crippen LogP) is 4.13. The first-order chi connectivity index (χ1) is 14.5. The molecule has 2 N–H and O–H groups in total. The molecular formula is C23H33IN6O. The highest BCUT2D eigenvalue weighted by atomic mass is 127. The molecule has 0 bridgehead atoms. The average molecular weight is 536 g/mol. The highest BCUT2D eigenvalue weighted by molar-refractivity contribution is 14.0. The number of hydrogen-bond acceptors (Lipinski definition) is 4. The number of halogens is 1. The van der Waals surface area contributed by atoms with Gasteiger partial charge in [0.25, 0.3) is 0 Å². The Kier molecular flexibility index (Phi) is 9.54. The minimum absolute atomic E-state index is 0. The van der Waals surface area contributed by atoms with E-state index >= 15 is 0 Å². The lowest BCUT2D eigenvalue weighted by atomic mass is 9.94. The van der Waals surface area contributed by atoms with Crippen LogP contribution < -0.4 is 10.6 Å². The van der Waals surface area contributed by atoms with Gasteiger partial charge in [-0.2, -0.15) is 0 Å². The van der Waals surface area contributed by atoms with Gasteiger partial charge >= 0.3 is 0 Å². The molecule has 2 heterocycles. The Morgan fingerprint density at radius 2 is 1.90 bits per heavy atom. The third kappa shape index (κ3) is 7.68. The molecule has 0 saturated carbocycles. The second-order valence-electron chi connectivity index (χ2n) is 8.20. The first-order valence-corrected chi connectivity index (χ1v) is 10.5. The van der Waals surface area contributed by atoms with Crippen LogP contribution in [0.15, 0.2) is 58.3 Å². The smallest absolute Gasteiger partial charge is 0.216 e. The predicted molar refractivity (Wildman–Crippen MR) is 135 cm³/mol. The quantitative estimate of drug-likeness (QED) is 0.257. The number of rotatable bonds is 8. The monoisotopic (exact) mass is 536 g/mol. The highest BCUT2D eigenvalue weighted by Crippen LogP contribution is 2.22. The van der Waals surface area contributed by atoms with Crippen LogP contribution in [-0.2, 0) is 24.9 Å². The van der Waals surface area contributed by atoms with Crippen LogP contribution in [0.2, 0.25) is 0 Å². The van der Waals surface area contributed by atoms with Crippen LogP contribution in [0.5, 0.6) is 0 Å². The molecule has 3 rings (SSSR count). The van der Waals surface area contributed by atoms with Crippen molar-refractivity contribution in [3.8, 4) is 0 Å². The molecule has 1 aromatic carbocycles. The van der Waals surface area contributed by atoms with Gasteiger partial charge in [0, 0.05) is 43.9 Å². The van der Waals surface area contributed by atoms with Gasteiger partial charge in [0.2, 0.25) is 5.89 Å². The summed E-state index contributed by atoms with van der Waals surface area (Å²) in [5, 5.41) is 6.64. The fraction of sp³-hybridized carbons (Fsp3) is 0.435. The summed E-state index contributed by atoms with van der Waals surface area (Å²) >= 11 is 0. The summed E-state index contributed by atoms with van der Waals surface area (Å²) in [7, 11) is 0. The van der Waals surface area contributed by atoms with Crippen molar-refractivity contribution in [3.63, 3.8) is 0 Å². The summed E-state index contributed by atoms with van der Waals surface area (Å²) in [5.74, 6) is 3.28. The molecule has 7 nitrogen and oxygen atoms in total. The number of nitrogens with one attached hydrogen (secondary N) is 2. The Labute approximate surface area is 201 Å². The van der Waals surface area contributed by atoms with Gasteiger partial charge in [-0.1, -0.05) is 51.1 Å². The zero-order valence-corrected chi connectivity index (χ0v) is 21.1. The lowest BCUT2D eigenvalue weighted by molar-refractivity contribution is 0.383. The summed E-state index contributed by atoms with van der Waals surface area (Å²) in [6.07, 6.45) is 6.47. The SMILES string of the molecule is CCNC(=NCc1ncc(C(C)(C)C)o1)NCCc1nccn1Cc1ccccc1.I. The summed E-state index contributed by atoms with van der Waals surface area (Å²) in [6.45, 7) is 11.1. The number of benzene rings is 1. The molecule has 0 fully saturated rings. The Morgan fingerprint density at radius 1 is 1.13 bits per heavy atom. The molecule has 8 heteroatoms. The average Bonchev–Trinajstić information content (AvgIpc) is 3.36. The molecule has 0 saturated heterocycles. The van der Waals surface area contributed by atoms with Gasteiger partial charge < -0.3 is 19.6 Å². The zero-order chi connectivity index (χ0) is 21.4. The molecule has 0 unspecified atom stereocenters. The van der Waals surface area contributed by atoms with Crippen molar-refractivity contribution < 1.29 is 4.42 Å². The van der Waals surface area contributed by atoms with Crippen LogP contribution in [0.4, 0.5) is 0 Å². The van der Waals surface area contributed by atoms with Crippen LogP contribution in [0.3, 0.4) is 0 Å². The Balaban J connectivity index is 0.00000341. The van der Waals surface area contributed by atoms with Gasteiger partial charge in [-0.05, 0) is 12.5 Å². The molecule has 31 heavy (non-hydrogen) atoms. The van der Waals surface area contributed by atoms with Gasteiger partial charge in [-0.3, -0.25) is 0 Å². The third-order valence-electron chi connectivity index (χ3n) is 4.65. The van der Waals surface area contributed by atoms with Crippen molar-refractivity contribution in [1.29, 1.82) is 0 Å². The van der Waals surface area contributed by atoms with Gasteiger partial charge in [0.05, 0.1) is 6.20 Å². The first-order valence-electron chi connectivity index (χ1n) is 10.5. The summed E-state index contributed by atoms with van der Waals surface area (Å²) in [4.78, 5) is 13.5. The molecule has 0 aliphatic rings. The number of nitrogens with zero attached hydrogens (tertiary/aromatic N) is 4. The van der Waals surface area contributed by atoms with E-state index in [0.29, 0.717) is 12.4 Å². The minimum atomic E-state index is -0.0562. The maximum Gasteiger partial charge on any atom is 0.216 e. The lowest BCUT2D eigenvalue weighted by Crippen LogP contribution is -2.38. The molecule has 0 aliphatic carbocycles. The van der Waals surface area contributed by atoms with Crippen molar-refractivity contribution in [2.75, 3.05) is 13.1 Å². The van der Waals surface area contributed by atoms with Crippen molar-refractivity contribution >= 4 is 29.9 Å². The molecule has 3 aromatic rings. The molecule has 0 aliphatic heterocycles. The van der Waals surface area contributed by atoms with E-state index in [-0.39, 0.29) is 29.4 Å². The molecule has 0 amide bonds. The maximum absolute atomic E-state index is 5.83. The Morgan fingerprint density at radius 3 is 2.58 bits per heavy atom. The molecule has 168 valence electrons. The van der Waals surface area contributed by atoms with Gasteiger partial charge in [-0.15, -0.1) is 24.0 Å². The van der Waals surface area contributed by atoms with Crippen molar-refractivity contribution in [3.05, 3.63) is 72.0 Å². The topological polar surface area (TPSA) is 80.3 Å². The van der Waals surface area contributed by atoms with E-state index in [2.05, 4.69) is 75.2 Å². The van der Waals surface area contributed by atoms with E-state index in [1.54, 1.807) is 6.20 Å². The number of aliphatic imine (C=N–C) groups is 1. The number of oxazole rings is 1. The van der Waals surface area contributed by atoms with E-state index in [9.17, 15) is 0 Å². The Hall–Kier alpha value is -2.36. The molecule has 2 aromatic heterocycles. The summed E-state index contributed by atoms with van der Waals surface area (Å²) in [5.41, 5.74) is 1.21. The Bertz CT molecular complexity index is 942. The fourth-order valence-electron chi connectivity index (χ4n) is 3.00. The first kappa shape index (κ1) is 24.9. The number of guanidine groups is 1. The lowest BCUT2D eigenvalue weighted by Gasteiger charge is -2.13. The largest absolute Gasteiger partial charge is 0.443 e. The molecule has 0 radical (unpaired) electrons. The third-order valence-corrected chi connectivity index (χ3v) is 4.65. The summed E-state index contributed by atoms with van der Waals surface area (Å²) in [6, 6.07) is 10.4. The second kappa shape index (κ2) is 11.9. The maximum atomic E-state index is 5.83. The summed E-state index contributed by atoms with van der Waals surface area (Å²) < 4.78 is 8.01. The van der Waals surface area contributed by atoms with Crippen molar-refractivity contribution in [2.24, 2.45) is 4.99 Å². The van der Waals surface area contributed by atoms with E-state index in [1.807, 2.05) is 25.4 Å². The standard InChI is InChI=1S/C23H32N6O.HI/c1-5-24-22(28-16-21-27-15-19(30-21)23(2,3)4)26-12-11-20-25-13-14-29(20)17-18-9-7-6-8-10-18;/h6-10,13-15H,5,11-12,16-17H2,1-4H3,(H2,24,26,28);1H. The second-order valence-corrected chi connectivity index (χ2v) is 8.20. The van der Waals surface area contributed by atoms with Crippen molar-refractivity contribution in [2.45, 2.75) is 52.6 Å². The van der Waals surface area contributed by atoms with Crippen molar-refractivity contribution in [1.82, 2.24) is 25.2 Å². The van der Waals surface area contributed by atoms with E-state index in [0.717, 1.165) is 43.6 Å². The van der Waals surface area contributed by atoms with Crippen LogP contribution >= 0.6 is 24.0 Å². The van der Waals surface area contributed by atoms with E-state index < -0.39 is 0 Å². The molecular weight excluding hydrogens is 503 g/mol. The zero-order valence-electron chi connectivity index (χ0n) is 18.8. The van der Waals surface area contributed by atoms with Crippen LogP contribution in [-0.4, -0.2) is 33.6 Å². The molecule has 0 atom stereocenters. The minimum Gasteiger partial charge on any atom is -0.443 e. The van der Waals surface area contributed by atoms with E-state index in [4.69, 9.17) is 4.42 Å². The fourth-order valence-corrected chi connectivity index (χ4v) is 3.00. The molecule has 0 spiro atoms. The number of imidazole rings is 1. The highest BCUT2D eigenvalue weighted by Gasteiger charge is 2.19. The van der Waals surface area contributed by atoms with Crippen LogP contribution in [0.1, 0.15) is 50.7 Å². The normalized spacial score (nSPS) is 11.8. The van der Waals surface area contributed by atoms with Gasteiger partial charge in [0.15, 0.2) is 5.96 Å². The van der Waals surface area contributed by atoms with Crippen LogP contribution in [0, 0.1) is 0 Å². The number of hydrogen-bond donors (Lipinski definition) is 2.